The second-order valence-electron chi connectivity index (χ2n) is 5.79. The van der Waals surface area contributed by atoms with E-state index in [-0.39, 0.29) is 5.41 Å². The highest BCUT2D eigenvalue weighted by Gasteiger charge is 2.16. The molecule has 1 N–H and O–H groups in total. The molecule has 0 aliphatic heterocycles. The van der Waals surface area contributed by atoms with Gasteiger partial charge in [0.1, 0.15) is 0 Å². The number of fused-ring (bicyclic) bond motifs is 1. The van der Waals surface area contributed by atoms with Gasteiger partial charge in [-0.15, -0.1) is 0 Å². The number of aliphatic carboxylic acids is 1. The van der Waals surface area contributed by atoms with Crippen LogP contribution in [-0.2, 0) is 4.79 Å². The van der Waals surface area contributed by atoms with Gasteiger partial charge < -0.3 is 5.11 Å². The standard InChI is InChI=1S/C17H18O2/c1-17(2,3)11-15(16(18)19)14-9-8-12-6-4-5-7-13(12)10-14/h4-11H,1-3H3,(H,18,19). The smallest absolute Gasteiger partial charge is 0.335 e. The van der Waals surface area contributed by atoms with E-state index < -0.39 is 5.97 Å². The first-order valence-electron chi connectivity index (χ1n) is 6.32. The lowest BCUT2D eigenvalue weighted by Gasteiger charge is -2.15. The molecule has 19 heavy (non-hydrogen) atoms. The largest absolute Gasteiger partial charge is 0.478 e. The van der Waals surface area contributed by atoms with Crippen molar-refractivity contribution < 1.29 is 9.90 Å². The Labute approximate surface area is 113 Å². The fourth-order valence-electron chi connectivity index (χ4n) is 2.06. The van der Waals surface area contributed by atoms with Crippen molar-refractivity contribution in [1.82, 2.24) is 0 Å². The molecule has 0 spiro atoms. The maximum atomic E-state index is 11.4. The van der Waals surface area contributed by atoms with Crippen LogP contribution in [0.2, 0.25) is 0 Å². The van der Waals surface area contributed by atoms with Crippen molar-refractivity contribution in [2.75, 3.05) is 0 Å². The zero-order chi connectivity index (χ0) is 14.0. The molecular weight excluding hydrogens is 236 g/mol. The third-order valence-electron chi connectivity index (χ3n) is 2.87. The maximum absolute atomic E-state index is 11.4. The second kappa shape index (κ2) is 4.88. The van der Waals surface area contributed by atoms with Crippen LogP contribution in [-0.4, -0.2) is 11.1 Å². The summed E-state index contributed by atoms with van der Waals surface area (Å²) in [5.74, 6) is -0.884. The van der Waals surface area contributed by atoms with Gasteiger partial charge in [0, 0.05) is 0 Å². The third kappa shape index (κ3) is 3.22. The lowest BCUT2D eigenvalue weighted by Crippen LogP contribution is -2.07. The van der Waals surface area contributed by atoms with Gasteiger partial charge in [-0.05, 0) is 27.8 Å². The van der Waals surface area contributed by atoms with Crippen molar-refractivity contribution in [2.45, 2.75) is 20.8 Å². The van der Waals surface area contributed by atoms with E-state index in [1.54, 1.807) is 6.08 Å². The summed E-state index contributed by atoms with van der Waals surface area (Å²) < 4.78 is 0. The predicted octanol–water partition coefficient (Wildman–Crippen LogP) is 4.35. The molecule has 2 rings (SSSR count). The molecule has 0 aromatic heterocycles. The van der Waals surface area contributed by atoms with Crippen LogP contribution >= 0.6 is 0 Å². The lowest BCUT2D eigenvalue weighted by atomic mass is 9.90. The molecule has 0 saturated carbocycles. The van der Waals surface area contributed by atoms with Gasteiger partial charge in [0.05, 0.1) is 5.57 Å². The molecular formula is C17H18O2. The van der Waals surface area contributed by atoms with Crippen LogP contribution in [0.25, 0.3) is 16.3 Å². The molecule has 0 fully saturated rings. The van der Waals surface area contributed by atoms with Crippen LogP contribution in [0.4, 0.5) is 0 Å². The number of carboxylic acids is 1. The zero-order valence-electron chi connectivity index (χ0n) is 11.5. The first kappa shape index (κ1) is 13.3. The highest BCUT2D eigenvalue weighted by Crippen LogP contribution is 2.26. The Morgan fingerprint density at radius 2 is 1.68 bits per heavy atom. The van der Waals surface area contributed by atoms with E-state index in [0.29, 0.717) is 5.57 Å². The fourth-order valence-corrected chi connectivity index (χ4v) is 2.06. The van der Waals surface area contributed by atoms with E-state index in [1.165, 1.54) is 0 Å². The third-order valence-corrected chi connectivity index (χ3v) is 2.87. The summed E-state index contributed by atoms with van der Waals surface area (Å²) in [4.78, 5) is 11.4. The van der Waals surface area contributed by atoms with Gasteiger partial charge in [-0.2, -0.15) is 0 Å². The summed E-state index contributed by atoms with van der Waals surface area (Å²) in [5.41, 5.74) is 0.943. The van der Waals surface area contributed by atoms with Crippen LogP contribution in [0.15, 0.2) is 48.5 Å². The van der Waals surface area contributed by atoms with Gasteiger partial charge in [0.2, 0.25) is 0 Å². The van der Waals surface area contributed by atoms with Crippen molar-refractivity contribution in [3.63, 3.8) is 0 Å². The summed E-state index contributed by atoms with van der Waals surface area (Å²) >= 11 is 0. The van der Waals surface area contributed by atoms with Gasteiger partial charge >= 0.3 is 5.97 Å². The Kier molecular flexibility index (Phi) is 3.43. The molecule has 0 saturated heterocycles. The molecule has 0 atom stereocenters. The van der Waals surface area contributed by atoms with Gasteiger partial charge in [-0.25, -0.2) is 4.79 Å². The minimum atomic E-state index is -0.884. The van der Waals surface area contributed by atoms with Crippen LogP contribution in [0.1, 0.15) is 26.3 Å². The van der Waals surface area contributed by atoms with Crippen molar-refractivity contribution in [3.8, 4) is 0 Å². The van der Waals surface area contributed by atoms with E-state index in [9.17, 15) is 9.90 Å². The maximum Gasteiger partial charge on any atom is 0.335 e. The fraction of sp³-hybridized carbons (Fsp3) is 0.235. The number of rotatable bonds is 2. The van der Waals surface area contributed by atoms with Crippen LogP contribution in [0.3, 0.4) is 0 Å². The Hall–Kier alpha value is -2.09. The Balaban J connectivity index is 2.57. The van der Waals surface area contributed by atoms with Crippen LogP contribution in [0.5, 0.6) is 0 Å². The minimum absolute atomic E-state index is 0.167. The zero-order valence-corrected chi connectivity index (χ0v) is 11.5. The number of carboxylic acid groups (broad SMARTS) is 1. The second-order valence-corrected chi connectivity index (χ2v) is 5.79. The SMILES string of the molecule is CC(C)(C)C=C(C(=O)O)c1ccc2ccccc2c1. The van der Waals surface area contributed by atoms with Gasteiger partial charge in [0.15, 0.2) is 0 Å². The van der Waals surface area contributed by atoms with E-state index in [1.807, 2.05) is 63.2 Å². The Bertz CT molecular complexity index is 646. The number of allylic oxidation sites excluding steroid dienone is 1. The minimum Gasteiger partial charge on any atom is -0.478 e. The van der Waals surface area contributed by atoms with Crippen LogP contribution < -0.4 is 0 Å². The Morgan fingerprint density at radius 1 is 1.05 bits per heavy atom. The van der Waals surface area contributed by atoms with Gasteiger partial charge in [0.25, 0.3) is 0 Å². The number of carbonyl (C=O) groups is 1. The average molecular weight is 254 g/mol. The molecule has 2 aromatic carbocycles. The molecule has 98 valence electrons. The van der Waals surface area contributed by atoms with Crippen molar-refractivity contribution >= 4 is 22.3 Å². The van der Waals surface area contributed by atoms with E-state index >= 15 is 0 Å². The monoisotopic (exact) mass is 254 g/mol. The molecule has 0 aliphatic rings. The van der Waals surface area contributed by atoms with E-state index in [0.717, 1.165) is 16.3 Å². The summed E-state index contributed by atoms with van der Waals surface area (Å²) in [5, 5.41) is 11.6. The first-order chi connectivity index (χ1) is 8.87. The van der Waals surface area contributed by atoms with Gasteiger partial charge in [-0.1, -0.05) is 63.2 Å². The molecule has 0 aliphatic carbocycles. The molecule has 0 heterocycles. The normalized spacial score (nSPS) is 12.7. The topological polar surface area (TPSA) is 37.3 Å². The van der Waals surface area contributed by atoms with E-state index in [4.69, 9.17) is 0 Å². The van der Waals surface area contributed by atoms with Crippen molar-refractivity contribution in [1.29, 1.82) is 0 Å². The highest BCUT2D eigenvalue weighted by molar-refractivity contribution is 6.16. The number of hydrogen-bond donors (Lipinski definition) is 1. The van der Waals surface area contributed by atoms with E-state index in [2.05, 4.69) is 0 Å². The summed E-state index contributed by atoms with van der Waals surface area (Å²) in [7, 11) is 0. The highest BCUT2D eigenvalue weighted by atomic mass is 16.4. The average Bonchev–Trinajstić information content (AvgIpc) is 2.34. The van der Waals surface area contributed by atoms with Crippen LogP contribution in [0, 0.1) is 5.41 Å². The quantitative estimate of drug-likeness (QED) is 0.809. The number of hydrogen-bond acceptors (Lipinski definition) is 1. The molecule has 0 bridgehead atoms. The summed E-state index contributed by atoms with van der Waals surface area (Å²) in [6.07, 6.45) is 1.80. The molecule has 2 heteroatoms. The lowest BCUT2D eigenvalue weighted by molar-refractivity contribution is -0.130. The molecule has 2 nitrogen and oxygen atoms in total. The first-order valence-corrected chi connectivity index (χ1v) is 6.32. The molecule has 2 aromatic rings. The number of benzene rings is 2. The molecule has 0 amide bonds. The summed E-state index contributed by atoms with van der Waals surface area (Å²) in [6.45, 7) is 5.99. The van der Waals surface area contributed by atoms with Crippen molar-refractivity contribution in [3.05, 3.63) is 54.1 Å². The Morgan fingerprint density at radius 3 is 2.26 bits per heavy atom. The predicted molar refractivity (Wildman–Crippen MR) is 79.0 cm³/mol. The van der Waals surface area contributed by atoms with Crippen molar-refractivity contribution in [2.24, 2.45) is 5.41 Å². The molecule has 0 radical (unpaired) electrons. The van der Waals surface area contributed by atoms with Gasteiger partial charge in [-0.3, -0.25) is 0 Å². The summed E-state index contributed by atoms with van der Waals surface area (Å²) in [6, 6.07) is 13.7. The molecule has 0 unspecified atom stereocenters.